The molecule has 3 nitrogen and oxygen atoms in total. The quantitative estimate of drug-likeness (QED) is 0.765. The van der Waals surface area contributed by atoms with Crippen molar-refractivity contribution in [2.75, 3.05) is 12.3 Å². The Morgan fingerprint density at radius 3 is 2.47 bits per heavy atom. The molecule has 2 N–H and O–H groups in total. The molecular formula is C12H14F2N2O. The zero-order valence-electron chi connectivity index (χ0n) is 9.54. The average Bonchev–Trinajstić information content (AvgIpc) is 2.70. The van der Waals surface area contributed by atoms with Gasteiger partial charge in [-0.15, -0.1) is 0 Å². The Hall–Kier alpha value is -1.65. The summed E-state index contributed by atoms with van der Waals surface area (Å²) in [5, 5.41) is 0. The molecule has 1 unspecified atom stereocenters. The lowest BCUT2D eigenvalue weighted by Gasteiger charge is -2.21. The number of amides is 1. The van der Waals surface area contributed by atoms with Gasteiger partial charge in [-0.2, -0.15) is 0 Å². The van der Waals surface area contributed by atoms with Gasteiger partial charge in [-0.25, -0.2) is 8.78 Å². The van der Waals surface area contributed by atoms with Crippen LogP contribution in [-0.4, -0.2) is 23.4 Å². The minimum Gasteiger partial charge on any atom is -0.394 e. The van der Waals surface area contributed by atoms with Crippen LogP contribution in [0.2, 0.25) is 0 Å². The van der Waals surface area contributed by atoms with Gasteiger partial charge >= 0.3 is 0 Å². The number of carbonyl (C=O) groups is 1. The van der Waals surface area contributed by atoms with Gasteiger partial charge in [0.2, 0.25) is 0 Å². The van der Waals surface area contributed by atoms with Crippen molar-refractivity contribution in [3.8, 4) is 0 Å². The molecule has 1 amide bonds. The molecule has 2 rings (SSSR count). The van der Waals surface area contributed by atoms with Crippen molar-refractivity contribution in [3.05, 3.63) is 29.3 Å². The normalized spacial score (nSPS) is 19.7. The second kappa shape index (κ2) is 4.31. The van der Waals surface area contributed by atoms with E-state index in [0.29, 0.717) is 6.54 Å². The second-order valence-corrected chi connectivity index (χ2v) is 4.34. The molecule has 0 saturated carbocycles. The first kappa shape index (κ1) is 11.8. The molecule has 1 aromatic rings. The van der Waals surface area contributed by atoms with E-state index in [2.05, 4.69) is 0 Å². The Morgan fingerprint density at radius 1 is 1.41 bits per heavy atom. The van der Waals surface area contributed by atoms with Crippen molar-refractivity contribution < 1.29 is 13.6 Å². The Kier molecular flexibility index (Phi) is 3.00. The Labute approximate surface area is 98.2 Å². The Bertz CT molecular complexity index is 439. The highest BCUT2D eigenvalue weighted by atomic mass is 19.1. The maximum atomic E-state index is 13.2. The zero-order chi connectivity index (χ0) is 12.6. The fourth-order valence-corrected chi connectivity index (χ4v) is 2.11. The van der Waals surface area contributed by atoms with Gasteiger partial charge in [0, 0.05) is 18.2 Å². The smallest absolute Gasteiger partial charge is 0.254 e. The van der Waals surface area contributed by atoms with Crippen LogP contribution in [0.15, 0.2) is 12.1 Å². The highest BCUT2D eigenvalue weighted by molar-refractivity contribution is 5.95. The largest absolute Gasteiger partial charge is 0.394 e. The summed E-state index contributed by atoms with van der Waals surface area (Å²) in [7, 11) is 0. The van der Waals surface area contributed by atoms with E-state index < -0.39 is 17.3 Å². The first-order valence-corrected chi connectivity index (χ1v) is 5.56. The average molecular weight is 240 g/mol. The predicted molar refractivity (Wildman–Crippen MR) is 60.5 cm³/mol. The molecule has 0 spiro atoms. The number of likely N-dealkylation sites (tertiary alicyclic amines) is 1. The van der Waals surface area contributed by atoms with Crippen LogP contribution in [0.3, 0.4) is 0 Å². The number of rotatable bonds is 1. The van der Waals surface area contributed by atoms with Crippen LogP contribution >= 0.6 is 0 Å². The van der Waals surface area contributed by atoms with Crippen molar-refractivity contribution in [1.29, 1.82) is 0 Å². The number of hydrogen-bond donors (Lipinski definition) is 1. The molecule has 1 heterocycles. The molecular weight excluding hydrogens is 226 g/mol. The monoisotopic (exact) mass is 240 g/mol. The number of nitrogens with two attached hydrogens (primary N) is 1. The molecule has 1 fully saturated rings. The lowest BCUT2D eigenvalue weighted by atomic mass is 10.1. The van der Waals surface area contributed by atoms with Gasteiger partial charge in [0.05, 0.1) is 0 Å². The number of halogens is 2. The van der Waals surface area contributed by atoms with E-state index in [1.54, 1.807) is 4.90 Å². The number of hydrogen-bond acceptors (Lipinski definition) is 2. The molecule has 1 aliphatic rings. The highest BCUT2D eigenvalue weighted by Crippen LogP contribution is 2.22. The van der Waals surface area contributed by atoms with Crippen LogP contribution in [0.4, 0.5) is 14.5 Å². The first-order valence-electron chi connectivity index (χ1n) is 5.56. The van der Waals surface area contributed by atoms with Gasteiger partial charge in [0.15, 0.2) is 0 Å². The van der Waals surface area contributed by atoms with Crippen LogP contribution in [0, 0.1) is 11.6 Å². The molecule has 1 aliphatic heterocycles. The predicted octanol–water partition coefficient (Wildman–Crippen LogP) is 2.17. The third kappa shape index (κ3) is 2.09. The standard InChI is InChI=1S/C12H14F2N2O/c1-7-3-2-4-16(7)12(17)8-5-9(13)11(15)10(14)6-8/h5-7H,2-4,15H2,1H3. The van der Waals surface area contributed by atoms with Crippen LogP contribution in [0.1, 0.15) is 30.1 Å². The summed E-state index contributed by atoms with van der Waals surface area (Å²) >= 11 is 0. The molecule has 0 aromatic heterocycles. The van der Waals surface area contributed by atoms with Crippen LogP contribution in [-0.2, 0) is 0 Å². The fraction of sp³-hybridized carbons (Fsp3) is 0.417. The number of benzene rings is 1. The lowest BCUT2D eigenvalue weighted by molar-refractivity contribution is 0.0746. The highest BCUT2D eigenvalue weighted by Gasteiger charge is 2.27. The van der Waals surface area contributed by atoms with E-state index in [-0.39, 0.29) is 17.5 Å². The summed E-state index contributed by atoms with van der Waals surface area (Å²) in [6, 6.07) is 2.10. The third-order valence-corrected chi connectivity index (χ3v) is 3.14. The van der Waals surface area contributed by atoms with E-state index in [0.717, 1.165) is 25.0 Å². The van der Waals surface area contributed by atoms with E-state index >= 15 is 0 Å². The van der Waals surface area contributed by atoms with Gasteiger partial charge in [-0.3, -0.25) is 4.79 Å². The maximum Gasteiger partial charge on any atom is 0.254 e. The molecule has 1 atom stereocenters. The first-order chi connectivity index (χ1) is 8.00. The molecule has 17 heavy (non-hydrogen) atoms. The van der Waals surface area contributed by atoms with Crippen molar-refractivity contribution in [1.82, 2.24) is 4.90 Å². The van der Waals surface area contributed by atoms with Crippen LogP contribution in [0.25, 0.3) is 0 Å². The molecule has 0 aliphatic carbocycles. The topological polar surface area (TPSA) is 46.3 Å². The van der Waals surface area contributed by atoms with E-state index in [4.69, 9.17) is 5.73 Å². The molecule has 1 aromatic carbocycles. The molecule has 0 bridgehead atoms. The molecule has 5 heteroatoms. The van der Waals surface area contributed by atoms with Gasteiger partial charge in [0.1, 0.15) is 17.3 Å². The van der Waals surface area contributed by atoms with Gasteiger partial charge < -0.3 is 10.6 Å². The van der Waals surface area contributed by atoms with Gasteiger partial charge in [-0.05, 0) is 31.9 Å². The van der Waals surface area contributed by atoms with Crippen molar-refractivity contribution in [3.63, 3.8) is 0 Å². The van der Waals surface area contributed by atoms with Crippen molar-refractivity contribution in [2.45, 2.75) is 25.8 Å². The second-order valence-electron chi connectivity index (χ2n) is 4.34. The summed E-state index contributed by atoms with van der Waals surface area (Å²) in [5.41, 5.74) is 4.63. The third-order valence-electron chi connectivity index (χ3n) is 3.14. The summed E-state index contributed by atoms with van der Waals surface area (Å²) in [5.74, 6) is -2.12. The van der Waals surface area contributed by atoms with Gasteiger partial charge in [-0.1, -0.05) is 0 Å². The molecule has 92 valence electrons. The molecule has 1 saturated heterocycles. The van der Waals surface area contributed by atoms with E-state index in [9.17, 15) is 13.6 Å². The minimum atomic E-state index is -0.889. The SMILES string of the molecule is CC1CCCN1C(=O)c1cc(F)c(N)c(F)c1. The number of carbonyl (C=O) groups excluding carboxylic acids is 1. The van der Waals surface area contributed by atoms with Crippen LogP contribution in [0.5, 0.6) is 0 Å². The Balaban J connectivity index is 2.31. The van der Waals surface area contributed by atoms with Crippen molar-refractivity contribution >= 4 is 11.6 Å². The number of nitrogens with zero attached hydrogens (tertiary/aromatic N) is 1. The summed E-state index contributed by atoms with van der Waals surface area (Å²) in [4.78, 5) is 13.7. The number of anilines is 1. The zero-order valence-corrected chi connectivity index (χ0v) is 9.54. The summed E-state index contributed by atoms with van der Waals surface area (Å²) in [6.45, 7) is 2.56. The Morgan fingerprint density at radius 2 is 2.00 bits per heavy atom. The molecule has 0 radical (unpaired) electrons. The minimum absolute atomic E-state index is 0.0166. The van der Waals surface area contributed by atoms with E-state index in [1.807, 2.05) is 6.92 Å². The lowest BCUT2D eigenvalue weighted by Crippen LogP contribution is -2.33. The van der Waals surface area contributed by atoms with E-state index in [1.165, 1.54) is 0 Å². The van der Waals surface area contributed by atoms with Crippen molar-refractivity contribution in [2.24, 2.45) is 0 Å². The summed E-state index contributed by atoms with van der Waals surface area (Å²) < 4.78 is 26.5. The van der Waals surface area contributed by atoms with Gasteiger partial charge in [0.25, 0.3) is 5.91 Å². The maximum absolute atomic E-state index is 13.2. The number of nitrogen functional groups attached to an aromatic ring is 1. The van der Waals surface area contributed by atoms with Crippen LogP contribution < -0.4 is 5.73 Å². The summed E-state index contributed by atoms with van der Waals surface area (Å²) in [6.07, 6.45) is 1.85. The fourth-order valence-electron chi connectivity index (χ4n) is 2.11.